The van der Waals surface area contributed by atoms with Gasteiger partial charge in [0.2, 0.25) is 11.6 Å². The lowest BCUT2D eigenvalue weighted by molar-refractivity contribution is -0.154. The highest BCUT2D eigenvalue weighted by Gasteiger charge is 2.42. The van der Waals surface area contributed by atoms with E-state index < -0.39 is 91.8 Å². The standard InChI is InChI=1S/C24H4F12N8/c25-21(26,27)16-3-14(41-19(43-16)23(31,32)33)12(7-39)9-1-10(5-37)18(11(2-9)6-38)13(8-40)15-4-17(22(28,29)30)44-20(42-15)24(34,35)36/h1-4H. The van der Waals surface area contributed by atoms with Gasteiger partial charge in [0.05, 0.1) is 45.8 Å². The summed E-state index contributed by atoms with van der Waals surface area (Å²) in [6, 6.07) is 6.15. The maximum absolute atomic E-state index is 13.3. The zero-order valence-corrected chi connectivity index (χ0v) is 20.4. The average molecular weight is 632 g/mol. The molecule has 0 unspecified atom stereocenters. The van der Waals surface area contributed by atoms with Crippen LogP contribution in [-0.4, -0.2) is 19.9 Å². The fourth-order valence-electron chi connectivity index (χ4n) is 3.44. The molecule has 44 heavy (non-hydrogen) atoms. The Morgan fingerprint density at radius 3 is 1.16 bits per heavy atom. The first-order valence-corrected chi connectivity index (χ1v) is 10.8. The third-order valence-electron chi connectivity index (χ3n) is 5.19. The molecule has 0 radical (unpaired) electrons. The Hall–Kier alpha value is -5.76. The van der Waals surface area contributed by atoms with Gasteiger partial charge in [-0.05, 0) is 29.5 Å². The minimum atomic E-state index is -5.57. The van der Waals surface area contributed by atoms with E-state index in [1.165, 1.54) is 24.3 Å². The van der Waals surface area contributed by atoms with E-state index in [4.69, 9.17) is 0 Å². The van der Waals surface area contributed by atoms with Gasteiger partial charge in [-0.1, -0.05) is 0 Å². The number of hydrogen-bond donors (Lipinski definition) is 0. The largest absolute Gasteiger partial charge is 0.451 e. The molecule has 0 spiro atoms. The Morgan fingerprint density at radius 1 is 0.500 bits per heavy atom. The molecule has 3 rings (SSSR count). The summed E-state index contributed by atoms with van der Waals surface area (Å²) in [6.45, 7) is 0. The van der Waals surface area contributed by atoms with Crippen molar-refractivity contribution in [2.75, 3.05) is 0 Å². The number of rotatable bonds is 2. The van der Waals surface area contributed by atoms with Gasteiger partial charge in [0.25, 0.3) is 0 Å². The maximum atomic E-state index is 13.3. The first-order chi connectivity index (χ1) is 20.1. The molecule has 0 aliphatic heterocycles. The molecule has 8 nitrogen and oxygen atoms in total. The third-order valence-corrected chi connectivity index (χ3v) is 5.19. The number of hydrogen-bond acceptors (Lipinski definition) is 8. The normalized spacial score (nSPS) is 12.0. The minimum absolute atomic E-state index is 0.0507. The predicted molar refractivity (Wildman–Crippen MR) is 115 cm³/mol. The summed E-state index contributed by atoms with van der Waals surface area (Å²) in [6.07, 6.45) is -22.1. The van der Waals surface area contributed by atoms with Crippen LogP contribution in [0.4, 0.5) is 52.7 Å². The highest BCUT2D eigenvalue weighted by Crippen LogP contribution is 2.34. The van der Waals surface area contributed by atoms with Gasteiger partial charge in [0.1, 0.15) is 23.5 Å². The Morgan fingerprint density at radius 2 is 0.864 bits per heavy atom. The lowest BCUT2D eigenvalue weighted by atomic mass is 9.97. The van der Waals surface area contributed by atoms with Gasteiger partial charge < -0.3 is 0 Å². The van der Waals surface area contributed by atoms with E-state index in [-0.39, 0.29) is 12.1 Å². The molecular weight excluding hydrogens is 628 g/mol. The Bertz CT molecular complexity index is 1850. The average Bonchev–Trinajstić information content (AvgIpc) is 2.91. The van der Waals surface area contributed by atoms with E-state index in [9.17, 15) is 73.7 Å². The highest BCUT2D eigenvalue weighted by molar-refractivity contribution is 5.79. The summed E-state index contributed by atoms with van der Waals surface area (Å²) >= 11 is 0. The molecule has 0 amide bonds. The van der Waals surface area contributed by atoms with Crippen molar-refractivity contribution in [3.05, 3.63) is 80.3 Å². The molecule has 0 fully saturated rings. The third kappa shape index (κ3) is 6.65. The highest BCUT2D eigenvalue weighted by atomic mass is 19.4. The Kier molecular flexibility index (Phi) is 8.30. The molecule has 0 aliphatic carbocycles. The SMILES string of the molecule is N#CC(c1cc(C(F)(F)F)nc(C(F)(F)F)n1)=c1cc(C#N)c(=C(C#N)c2cc(C(F)(F)F)nc(C(F)(F)F)n2)c(C#N)c1. The summed E-state index contributed by atoms with van der Waals surface area (Å²) in [5.41, 5.74) is -11.1. The fourth-order valence-corrected chi connectivity index (χ4v) is 3.44. The molecular formula is C24H4F12N8. The van der Waals surface area contributed by atoms with E-state index in [0.717, 1.165) is 0 Å². The summed E-state index contributed by atoms with van der Waals surface area (Å²) in [7, 11) is 0. The van der Waals surface area contributed by atoms with Crippen LogP contribution in [0, 0.1) is 45.3 Å². The van der Waals surface area contributed by atoms with E-state index in [2.05, 4.69) is 19.9 Å². The second-order valence-corrected chi connectivity index (χ2v) is 8.06. The number of halogens is 12. The molecule has 0 saturated carbocycles. The lowest BCUT2D eigenvalue weighted by Crippen LogP contribution is -2.24. The van der Waals surface area contributed by atoms with Crippen LogP contribution in [0.3, 0.4) is 0 Å². The monoisotopic (exact) mass is 632 g/mol. The van der Waals surface area contributed by atoms with Crippen LogP contribution in [0.2, 0.25) is 0 Å². The molecule has 20 heteroatoms. The van der Waals surface area contributed by atoms with Crippen molar-refractivity contribution in [2.24, 2.45) is 0 Å². The summed E-state index contributed by atoms with van der Waals surface area (Å²) in [5.74, 6) is -4.67. The van der Waals surface area contributed by atoms with Gasteiger partial charge in [-0.15, -0.1) is 0 Å². The van der Waals surface area contributed by atoms with Crippen molar-refractivity contribution in [3.8, 4) is 24.3 Å². The zero-order valence-electron chi connectivity index (χ0n) is 20.4. The molecule has 0 bridgehead atoms. The van der Waals surface area contributed by atoms with Gasteiger partial charge in [-0.2, -0.15) is 73.7 Å². The fraction of sp³-hybridized carbons (Fsp3) is 0.167. The maximum Gasteiger partial charge on any atom is 0.451 e. The number of nitrogens with zero attached hydrogens (tertiary/aromatic N) is 8. The molecule has 1 aromatic carbocycles. The van der Waals surface area contributed by atoms with Crippen LogP contribution in [0.5, 0.6) is 0 Å². The van der Waals surface area contributed by atoms with E-state index in [0.29, 0.717) is 12.1 Å². The van der Waals surface area contributed by atoms with Gasteiger partial charge in [0.15, 0.2) is 0 Å². The van der Waals surface area contributed by atoms with Crippen LogP contribution in [0.1, 0.15) is 45.6 Å². The van der Waals surface area contributed by atoms with Crippen LogP contribution >= 0.6 is 0 Å². The van der Waals surface area contributed by atoms with E-state index in [1.54, 1.807) is 0 Å². The Labute approximate surface area is 234 Å². The molecule has 2 aromatic heterocycles. The number of alkyl halides is 12. The predicted octanol–water partition coefficient (Wildman–Crippen LogP) is 4.53. The topological polar surface area (TPSA) is 147 Å². The first kappa shape index (κ1) is 32.8. The summed E-state index contributed by atoms with van der Waals surface area (Å²) in [4.78, 5) is 10.6. The summed E-state index contributed by atoms with van der Waals surface area (Å²) < 4.78 is 159. The van der Waals surface area contributed by atoms with Crippen LogP contribution in [0.15, 0.2) is 24.3 Å². The van der Waals surface area contributed by atoms with Crippen molar-refractivity contribution in [1.29, 1.82) is 21.0 Å². The molecule has 0 N–H and O–H groups in total. The van der Waals surface area contributed by atoms with Crippen LogP contribution < -0.4 is 10.4 Å². The van der Waals surface area contributed by atoms with Crippen molar-refractivity contribution in [3.63, 3.8) is 0 Å². The van der Waals surface area contributed by atoms with Crippen molar-refractivity contribution >= 4 is 11.1 Å². The molecule has 3 aromatic rings. The van der Waals surface area contributed by atoms with Gasteiger partial charge >= 0.3 is 24.7 Å². The molecule has 0 atom stereocenters. The second-order valence-electron chi connectivity index (χ2n) is 8.06. The van der Waals surface area contributed by atoms with Crippen LogP contribution in [-0.2, 0) is 24.7 Å². The zero-order chi connectivity index (χ0) is 33.4. The molecule has 224 valence electrons. The van der Waals surface area contributed by atoms with Crippen molar-refractivity contribution < 1.29 is 52.7 Å². The van der Waals surface area contributed by atoms with E-state index >= 15 is 0 Å². The lowest BCUT2D eigenvalue weighted by Gasteiger charge is -2.12. The molecule has 0 aliphatic rings. The smallest absolute Gasteiger partial charge is 0.224 e. The number of nitriles is 4. The molecule has 2 heterocycles. The van der Waals surface area contributed by atoms with Gasteiger partial charge in [-0.25, -0.2) is 19.9 Å². The minimum Gasteiger partial charge on any atom is -0.224 e. The van der Waals surface area contributed by atoms with Crippen LogP contribution in [0.25, 0.3) is 11.1 Å². The number of benzene rings is 1. The Balaban J connectivity index is 2.56. The quantitative estimate of drug-likeness (QED) is 0.375. The number of aromatic nitrogens is 4. The van der Waals surface area contributed by atoms with Gasteiger partial charge in [-0.3, -0.25) is 0 Å². The molecule has 0 saturated heterocycles. The summed E-state index contributed by atoms with van der Waals surface area (Å²) in [5, 5.41) is 36.9. The first-order valence-electron chi connectivity index (χ1n) is 10.8. The van der Waals surface area contributed by atoms with Gasteiger partial charge in [0, 0.05) is 5.22 Å². The van der Waals surface area contributed by atoms with Crippen molar-refractivity contribution in [2.45, 2.75) is 24.7 Å². The second kappa shape index (κ2) is 11.1. The van der Waals surface area contributed by atoms with E-state index in [1.807, 2.05) is 0 Å². The van der Waals surface area contributed by atoms with Crippen molar-refractivity contribution in [1.82, 2.24) is 19.9 Å².